The fraction of sp³-hybridized carbons (Fsp3) is 0.750. The lowest BCUT2D eigenvalue weighted by Crippen LogP contribution is -2.26. The first kappa shape index (κ1) is 7.45. The first-order valence-electron chi connectivity index (χ1n) is 3.50. The van der Waals surface area contributed by atoms with E-state index in [4.69, 9.17) is 0 Å². The van der Waals surface area contributed by atoms with Crippen molar-refractivity contribution < 1.29 is 0 Å². The molecule has 0 aromatic heterocycles. The van der Waals surface area contributed by atoms with E-state index in [0.717, 1.165) is 5.57 Å². The van der Waals surface area contributed by atoms with Crippen LogP contribution in [0.5, 0.6) is 0 Å². The zero-order valence-corrected chi connectivity index (χ0v) is 7.10. The summed E-state index contributed by atoms with van der Waals surface area (Å²) >= 11 is 0. The summed E-state index contributed by atoms with van der Waals surface area (Å²) in [4.78, 5) is 0. The molecule has 0 unspecified atom stereocenters. The Hall–Kier alpha value is -0.660. The van der Waals surface area contributed by atoms with Crippen LogP contribution in [0.25, 0.3) is 0 Å². The van der Waals surface area contributed by atoms with Gasteiger partial charge in [-0.15, -0.1) is 0 Å². The van der Waals surface area contributed by atoms with Gasteiger partial charge in [-0.25, -0.2) is 0 Å². The highest BCUT2D eigenvalue weighted by atomic mass is 15.2. The third-order valence-corrected chi connectivity index (χ3v) is 2.03. The van der Waals surface area contributed by atoms with Crippen molar-refractivity contribution in [1.82, 2.24) is 0 Å². The van der Waals surface area contributed by atoms with Crippen LogP contribution in [0.4, 0.5) is 0 Å². The Morgan fingerprint density at radius 3 is 1.40 bits per heavy atom. The molecule has 0 spiro atoms. The minimum atomic E-state index is -0.149. The summed E-state index contributed by atoms with van der Waals surface area (Å²) in [6, 6.07) is 0. The van der Waals surface area contributed by atoms with Gasteiger partial charge in [0.2, 0.25) is 0 Å². The van der Waals surface area contributed by atoms with Gasteiger partial charge in [0.05, 0.1) is 11.1 Å². The van der Waals surface area contributed by atoms with E-state index in [-0.39, 0.29) is 11.1 Å². The molecule has 1 aliphatic rings. The third kappa shape index (κ3) is 0.877. The standard InChI is InChI=1S/C8H14N2/c1-6-7(2,3)9-10-8(6,4)5/h1H2,2-5H3. The van der Waals surface area contributed by atoms with Crippen LogP contribution in [-0.2, 0) is 0 Å². The summed E-state index contributed by atoms with van der Waals surface area (Å²) in [6.45, 7) is 12.1. The molecule has 2 heteroatoms. The van der Waals surface area contributed by atoms with Gasteiger partial charge in [-0.1, -0.05) is 6.58 Å². The number of azo groups is 1. The normalized spacial score (nSPS) is 27.4. The molecule has 0 radical (unpaired) electrons. The van der Waals surface area contributed by atoms with Crippen LogP contribution in [0.15, 0.2) is 22.4 Å². The predicted molar refractivity (Wildman–Crippen MR) is 42.2 cm³/mol. The fourth-order valence-corrected chi connectivity index (χ4v) is 1.12. The summed E-state index contributed by atoms with van der Waals surface area (Å²) in [6.07, 6.45) is 0. The maximum Gasteiger partial charge on any atom is 0.0990 e. The summed E-state index contributed by atoms with van der Waals surface area (Å²) in [5.74, 6) is 0. The van der Waals surface area contributed by atoms with Crippen molar-refractivity contribution in [2.24, 2.45) is 10.2 Å². The number of hydrogen-bond donors (Lipinski definition) is 0. The molecule has 0 amide bonds. The molecule has 1 heterocycles. The SMILES string of the molecule is C=C1C(C)(C)N=NC1(C)C. The lowest BCUT2D eigenvalue weighted by molar-refractivity contribution is 0.579. The second-order valence-corrected chi connectivity index (χ2v) is 3.80. The van der Waals surface area contributed by atoms with Gasteiger partial charge < -0.3 is 0 Å². The van der Waals surface area contributed by atoms with Crippen LogP contribution in [0, 0.1) is 0 Å². The average molecular weight is 138 g/mol. The van der Waals surface area contributed by atoms with E-state index < -0.39 is 0 Å². The molecule has 0 atom stereocenters. The molecular formula is C8H14N2. The zero-order valence-electron chi connectivity index (χ0n) is 7.10. The second kappa shape index (κ2) is 1.68. The molecule has 0 saturated carbocycles. The molecule has 0 saturated heterocycles. The van der Waals surface area contributed by atoms with Gasteiger partial charge in [0.25, 0.3) is 0 Å². The Morgan fingerprint density at radius 1 is 1.00 bits per heavy atom. The molecule has 0 N–H and O–H groups in total. The molecule has 10 heavy (non-hydrogen) atoms. The van der Waals surface area contributed by atoms with Crippen molar-refractivity contribution >= 4 is 0 Å². The van der Waals surface area contributed by atoms with Crippen molar-refractivity contribution in [3.05, 3.63) is 12.2 Å². The minimum absolute atomic E-state index is 0.149. The van der Waals surface area contributed by atoms with Gasteiger partial charge in [-0.3, -0.25) is 0 Å². The minimum Gasteiger partial charge on any atom is -0.183 e. The van der Waals surface area contributed by atoms with Crippen molar-refractivity contribution in [3.8, 4) is 0 Å². The molecule has 0 aromatic rings. The van der Waals surface area contributed by atoms with E-state index in [1.165, 1.54) is 0 Å². The lowest BCUT2D eigenvalue weighted by Gasteiger charge is -2.21. The smallest absolute Gasteiger partial charge is 0.0990 e. The summed E-state index contributed by atoms with van der Waals surface area (Å²) < 4.78 is 0. The second-order valence-electron chi connectivity index (χ2n) is 3.80. The molecule has 0 aliphatic carbocycles. The Kier molecular flexibility index (Phi) is 1.25. The monoisotopic (exact) mass is 138 g/mol. The van der Waals surface area contributed by atoms with Crippen molar-refractivity contribution in [3.63, 3.8) is 0 Å². The van der Waals surface area contributed by atoms with Gasteiger partial charge >= 0.3 is 0 Å². The van der Waals surface area contributed by atoms with E-state index in [0.29, 0.717) is 0 Å². The average Bonchev–Trinajstić information content (AvgIpc) is 1.95. The molecule has 0 bridgehead atoms. The molecule has 0 aromatic carbocycles. The molecule has 2 nitrogen and oxygen atoms in total. The first-order chi connectivity index (χ1) is 4.36. The molecule has 56 valence electrons. The van der Waals surface area contributed by atoms with E-state index in [9.17, 15) is 0 Å². The molecular weight excluding hydrogens is 124 g/mol. The molecule has 0 fully saturated rings. The Labute approximate surface area is 62.0 Å². The Balaban J connectivity index is 3.00. The van der Waals surface area contributed by atoms with Crippen molar-refractivity contribution in [2.75, 3.05) is 0 Å². The van der Waals surface area contributed by atoms with Gasteiger partial charge in [0, 0.05) is 0 Å². The van der Waals surface area contributed by atoms with Crippen LogP contribution in [0.1, 0.15) is 27.7 Å². The summed E-state index contributed by atoms with van der Waals surface area (Å²) in [5.41, 5.74) is 0.799. The first-order valence-corrected chi connectivity index (χ1v) is 3.50. The predicted octanol–water partition coefficient (Wildman–Crippen LogP) is 2.57. The van der Waals surface area contributed by atoms with E-state index >= 15 is 0 Å². The number of nitrogens with zero attached hydrogens (tertiary/aromatic N) is 2. The van der Waals surface area contributed by atoms with Crippen LogP contribution in [0.2, 0.25) is 0 Å². The van der Waals surface area contributed by atoms with E-state index in [1.54, 1.807) is 0 Å². The highest BCUT2D eigenvalue weighted by molar-refractivity contribution is 5.28. The topological polar surface area (TPSA) is 24.7 Å². The lowest BCUT2D eigenvalue weighted by atomic mass is 9.85. The highest BCUT2D eigenvalue weighted by Gasteiger charge is 2.38. The third-order valence-electron chi connectivity index (χ3n) is 2.03. The summed E-state index contributed by atoms with van der Waals surface area (Å²) in [7, 11) is 0. The van der Waals surface area contributed by atoms with Crippen molar-refractivity contribution in [2.45, 2.75) is 38.8 Å². The van der Waals surface area contributed by atoms with Gasteiger partial charge in [0.15, 0.2) is 0 Å². The maximum absolute atomic E-state index is 4.13. The van der Waals surface area contributed by atoms with E-state index in [2.05, 4.69) is 16.8 Å². The Morgan fingerprint density at radius 2 is 1.30 bits per heavy atom. The molecule has 1 aliphatic heterocycles. The van der Waals surface area contributed by atoms with Gasteiger partial charge in [-0.05, 0) is 33.3 Å². The number of hydrogen-bond acceptors (Lipinski definition) is 2. The zero-order chi connectivity index (χ0) is 7.99. The van der Waals surface area contributed by atoms with Crippen LogP contribution in [-0.4, -0.2) is 11.1 Å². The Bertz CT molecular complexity index is 179. The van der Waals surface area contributed by atoms with Crippen LogP contribution < -0.4 is 0 Å². The van der Waals surface area contributed by atoms with Gasteiger partial charge in [-0.2, -0.15) is 10.2 Å². The van der Waals surface area contributed by atoms with Gasteiger partial charge in [0.1, 0.15) is 0 Å². The molecule has 1 rings (SSSR count). The fourth-order valence-electron chi connectivity index (χ4n) is 1.12. The van der Waals surface area contributed by atoms with Crippen LogP contribution in [0.3, 0.4) is 0 Å². The number of rotatable bonds is 0. The van der Waals surface area contributed by atoms with E-state index in [1.807, 2.05) is 27.7 Å². The summed E-state index contributed by atoms with van der Waals surface area (Å²) in [5, 5.41) is 8.25. The maximum atomic E-state index is 4.13. The van der Waals surface area contributed by atoms with Crippen molar-refractivity contribution in [1.29, 1.82) is 0 Å². The largest absolute Gasteiger partial charge is 0.183 e. The van der Waals surface area contributed by atoms with Crippen LogP contribution >= 0.6 is 0 Å². The highest BCUT2D eigenvalue weighted by Crippen LogP contribution is 2.38. The quantitative estimate of drug-likeness (QED) is 0.460.